The van der Waals surface area contributed by atoms with Crippen molar-refractivity contribution in [2.75, 3.05) is 0 Å². The number of rotatable bonds is 2. The third-order valence-corrected chi connectivity index (χ3v) is 4.06. The average molecular weight is 234 g/mol. The van der Waals surface area contributed by atoms with Crippen LogP contribution in [-0.4, -0.2) is 15.2 Å². The summed E-state index contributed by atoms with van der Waals surface area (Å²) in [6, 6.07) is 4.03. The predicted octanol–water partition coefficient (Wildman–Crippen LogP) is 2.26. The van der Waals surface area contributed by atoms with E-state index in [1.165, 1.54) is 12.8 Å². The summed E-state index contributed by atoms with van der Waals surface area (Å²) in [4.78, 5) is 5.61. The molecule has 0 spiro atoms. The van der Waals surface area contributed by atoms with Gasteiger partial charge in [0.25, 0.3) is 0 Å². The number of nitrogens with one attached hydrogen (secondary N) is 1. The Labute approximate surface area is 97.9 Å². The number of nitrogens with two attached hydrogens (primary N) is 1. The monoisotopic (exact) mass is 234 g/mol. The molecule has 4 nitrogen and oxygen atoms in total. The molecule has 5 heteroatoms. The van der Waals surface area contributed by atoms with Gasteiger partial charge in [-0.15, -0.1) is 11.3 Å². The van der Waals surface area contributed by atoms with Gasteiger partial charge in [-0.05, 0) is 24.3 Å². The summed E-state index contributed by atoms with van der Waals surface area (Å²) < 4.78 is 0. The summed E-state index contributed by atoms with van der Waals surface area (Å²) in [5.74, 6) is 1.61. The van der Waals surface area contributed by atoms with Crippen LogP contribution in [0.5, 0.6) is 0 Å². The van der Waals surface area contributed by atoms with Gasteiger partial charge in [0, 0.05) is 0 Å². The molecule has 1 aliphatic carbocycles. The van der Waals surface area contributed by atoms with Gasteiger partial charge < -0.3 is 5.73 Å². The smallest absolute Gasteiger partial charge is 0.191 e. The van der Waals surface area contributed by atoms with E-state index in [9.17, 15) is 0 Å². The van der Waals surface area contributed by atoms with Crippen LogP contribution in [-0.2, 0) is 5.54 Å². The SMILES string of the molecule is NC1(c2nc(-c3cccs3)n[nH]2)CCCC1. The first-order valence-corrected chi connectivity index (χ1v) is 6.42. The Morgan fingerprint density at radius 2 is 2.19 bits per heavy atom. The minimum absolute atomic E-state index is 0.275. The van der Waals surface area contributed by atoms with E-state index in [0.717, 1.165) is 29.4 Å². The van der Waals surface area contributed by atoms with Crippen molar-refractivity contribution in [2.45, 2.75) is 31.2 Å². The fourth-order valence-electron chi connectivity index (χ4n) is 2.24. The Morgan fingerprint density at radius 1 is 1.38 bits per heavy atom. The molecule has 3 rings (SSSR count). The van der Waals surface area contributed by atoms with E-state index >= 15 is 0 Å². The molecule has 16 heavy (non-hydrogen) atoms. The molecule has 0 atom stereocenters. The van der Waals surface area contributed by atoms with E-state index in [4.69, 9.17) is 5.73 Å². The number of nitrogens with zero attached hydrogens (tertiary/aromatic N) is 2. The molecule has 2 aromatic rings. The molecule has 1 saturated carbocycles. The molecule has 0 saturated heterocycles. The van der Waals surface area contributed by atoms with Crippen LogP contribution in [0.3, 0.4) is 0 Å². The number of hydrogen-bond acceptors (Lipinski definition) is 4. The van der Waals surface area contributed by atoms with E-state index in [2.05, 4.69) is 15.2 Å². The Balaban J connectivity index is 1.93. The summed E-state index contributed by atoms with van der Waals surface area (Å²) in [5, 5.41) is 9.27. The Morgan fingerprint density at radius 3 is 2.88 bits per heavy atom. The third kappa shape index (κ3) is 1.56. The van der Waals surface area contributed by atoms with Crippen molar-refractivity contribution in [2.24, 2.45) is 5.73 Å². The van der Waals surface area contributed by atoms with Gasteiger partial charge in [0.05, 0.1) is 10.4 Å². The molecule has 84 valence electrons. The van der Waals surface area contributed by atoms with Crippen molar-refractivity contribution in [1.29, 1.82) is 0 Å². The number of hydrogen-bond donors (Lipinski definition) is 2. The van der Waals surface area contributed by atoms with Crippen molar-refractivity contribution in [1.82, 2.24) is 15.2 Å². The van der Waals surface area contributed by atoms with Gasteiger partial charge in [0.15, 0.2) is 5.82 Å². The highest BCUT2D eigenvalue weighted by atomic mass is 32.1. The van der Waals surface area contributed by atoms with Crippen LogP contribution in [0.1, 0.15) is 31.5 Å². The molecule has 0 radical (unpaired) electrons. The molecule has 2 aromatic heterocycles. The van der Waals surface area contributed by atoms with E-state index in [0.29, 0.717) is 0 Å². The molecule has 1 fully saturated rings. The van der Waals surface area contributed by atoms with Gasteiger partial charge in [-0.2, -0.15) is 5.10 Å². The molecule has 0 aliphatic heterocycles. The lowest BCUT2D eigenvalue weighted by atomic mass is 9.99. The van der Waals surface area contributed by atoms with Crippen molar-refractivity contribution >= 4 is 11.3 Å². The zero-order chi connectivity index (χ0) is 11.0. The average Bonchev–Trinajstić information content (AvgIpc) is 2.98. The zero-order valence-electron chi connectivity index (χ0n) is 8.94. The van der Waals surface area contributed by atoms with Gasteiger partial charge in [-0.3, -0.25) is 5.10 Å². The number of H-pyrrole nitrogens is 1. The Bertz CT molecular complexity index is 468. The molecule has 0 amide bonds. The maximum Gasteiger partial charge on any atom is 0.191 e. The zero-order valence-corrected chi connectivity index (χ0v) is 9.76. The minimum Gasteiger partial charge on any atom is -0.319 e. The minimum atomic E-state index is -0.275. The van der Waals surface area contributed by atoms with Gasteiger partial charge in [-0.1, -0.05) is 18.9 Å². The highest BCUT2D eigenvalue weighted by Gasteiger charge is 2.34. The fourth-order valence-corrected chi connectivity index (χ4v) is 2.90. The van der Waals surface area contributed by atoms with Crippen molar-refractivity contribution in [3.63, 3.8) is 0 Å². The van der Waals surface area contributed by atoms with E-state index in [1.807, 2.05) is 17.5 Å². The maximum atomic E-state index is 6.32. The summed E-state index contributed by atoms with van der Waals surface area (Å²) in [6.45, 7) is 0. The van der Waals surface area contributed by atoms with Gasteiger partial charge in [-0.25, -0.2) is 4.98 Å². The highest BCUT2D eigenvalue weighted by molar-refractivity contribution is 7.13. The van der Waals surface area contributed by atoms with Crippen LogP contribution in [0.4, 0.5) is 0 Å². The largest absolute Gasteiger partial charge is 0.319 e. The van der Waals surface area contributed by atoms with Crippen LogP contribution >= 0.6 is 11.3 Å². The fraction of sp³-hybridized carbons (Fsp3) is 0.455. The molecule has 0 bridgehead atoms. The predicted molar refractivity (Wildman–Crippen MR) is 64.0 cm³/mol. The van der Waals surface area contributed by atoms with Crippen LogP contribution in [0.2, 0.25) is 0 Å². The Hall–Kier alpha value is -1.20. The topological polar surface area (TPSA) is 67.6 Å². The molecular weight excluding hydrogens is 220 g/mol. The van der Waals surface area contributed by atoms with Gasteiger partial charge in [0.2, 0.25) is 0 Å². The lowest BCUT2D eigenvalue weighted by Crippen LogP contribution is -2.34. The van der Waals surface area contributed by atoms with Crippen LogP contribution in [0.15, 0.2) is 17.5 Å². The summed E-state index contributed by atoms with van der Waals surface area (Å²) in [7, 11) is 0. The molecule has 3 N–H and O–H groups in total. The van der Waals surface area contributed by atoms with E-state index in [-0.39, 0.29) is 5.54 Å². The molecule has 2 heterocycles. The molecule has 0 aromatic carbocycles. The van der Waals surface area contributed by atoms with Crippen LogP contribution < -0.4 is 5.73 Å². The second kappa shape index (κ2) is 3.68. The molecule has 1 aliphatic rings. The summed E-state index contributed by atoms with van der Waals surface area (Å²) in [5.41, 5.74) is 6.04. The Kier molecular flexibility index (Phi) is 2.29. The summed E-state index contributed by atoms with van der Waals surface area (Å²) >= 11 is 1.64. The lowest BCUT2D eigenvalue weighted by Gasteiger charge is -2.19. The first kappa shape index (κ1) is 9.99. The molecular formula is C11H14N4S. The standard InChI is InChI=1S/C11H14N4S/c12-11(5-1-2-6-11)10-13-9(14-15-10)8-4-3-7-16-8/h3-4,7H,1-2,5-6,12H2,(H,13,14,15). The second-order valence-electron chi connectivity index (χ2n) is 4.35. The number of aromatic nitrogens is 3. The normalized spacial score (nSPS) is 19.1. The van der Waals surface area contributed by atoms with Crippen molar-refractivity contribution in [3.05, 3.63) is 23.3 Å². The molecule has 0 unspecified atom stereocenters. The van der Waals surface area contributed by atoms with Gasteiger partial charge >= 0.3 is 0 Å². The van der Waals surface area contributed by atoms with E-state index < -0.39 is 0 Å². The van der Waals surface area contributed by atoms with Crippen LogP contribution in [0, 0.1) is 0 Å². The lowest BCUT2D eigenvalue weighted by molar-refractivity contribution is 0.433. The highest BCUT2D eigenvalue weighted by Crippen LogP contribution is 2.35. The number of aromatic amines is 1. The summed E-state index contributed by atoms with van der Waals surface area (Å²) in [6.07, 6.45) is 4.38. The maximum absolute atomic E-state index is 6.32. The first-order valence-electron chi connectivity index (χ1n) is 5.54. The van der Waals surface area contributed by atoms with Crippen molar-refractivity contribution in [3.8, 4) is 10.7 Å². The third-order valence-electron chi connectivity index (χ3n) is 3.19. The quantitative estimate of drug-likeness (QED) is 0.837. The first-order chi connectivity index (χ1) is 7.78. The van der Waals surface area contributed by atoms with E-state index in [1.54, 1.807) is 11.3 Å². The van der Waals surface area contributed by atoms with Gasteiger partial charge in [0.1, 0.15) is 5.82 Å². The van der Waals surface area contributed by atoms with Crippen LogP contribution in [0.25, 0.3) is 10.7 Å². The second-order valence-corrected chi connectivity index (χ2v) is 5.30. The van der Waals surface area contributed by atoms with Crippen molar-refractivity contribution < 1.29 is 0 Å². The number of thiophene rings is 1.